The molecule has 0 aliphatic rings. The Labute approximate surface area is 127 Å². The van der Waals surface area contributed by atoms with Crippen molar-refractivity contribution in [3.63, 3.8) is 0 Å². The first-order valence-electron chi connectivity index (χ1n) is 6.72. The quantitative estimate of drug-likeness (QED) is 0.629. The molecule has 5 heteroatoms. The monoisotopic (exact) mass is 302 g/mol. The van der Waals surface area contributed by atoms with Gasteiger partial charge in [-0.15, -0.1) is 0 Å². The number of halogens is 1. The van der Waals surface area contributed by atoms with Gasteiger partial charge in [0.15, 0.2) is 0 Å². The molecule has 0 bridgehead atoms. The molecule has 0 atom stereocenters. The number of aryl methyl sites for hydroxylation is 1. The average molecular weight is 302 g/mol. The first-order chi connectivity index (χ1) is 10.6. The van der Waals surface area contributed by atoms with Crippen molar-refractivity contribution in [2.24, 2.45) is 0 Å². The lowest BCUT2D eigenvalue weighted by molar-refractivity contribution is -0.134. The van der Waals surface area contributed by atoms with Gasteiger partial charge in [-0.3, -0.25) is 4.79 Å². The van der Waals surface area contributed by atoms with Crippen LogP contribution >= 0.6 is 0 Å². The summed E-state index contributed by atoms with van der Waals surface area (Å²) in [7, 11) is 1.30. The van der Waals surface area contributed by atoms with Gasteiger partial charge < -0.3 is 9.47 Å². The molecular weight excluding hydrogens is 287 g/mol. The third-order valence-corrected chi connectivity index (χ3v) is 3.04. The third-order valence-electron chi connectivity index (χ3n) is 3.04. The first kappa shape index (κ1) is 15.7. The fraction of sp³-hybridized carbons (Fsp3) is 0.176. The van der Waals surface area contributed by atoms with Crippen LogP contribution in [0.5, 0.6) is 5.75 Å². The highest BCUT2D eigenvalue weighted by atomic mass is 19.1. The predicted octanol–water partition coefficient (Wildman–Crippen LogP) is 3.15. The lowest BCUT2D eigenvalue weighted by Crippen LogP contribution is -2.09. The Kier molecular flexibility index (Phi) is 5.25. The molecule has 0 saturated heterocycles. The summed E-state index contributed by atoms with van der Waals surface area (Å²) in [6.45, 7) is 0. The minimum atomic E-state index is -0.450. The molecule has 0 aromatic heterocycles. The maximum atomic E-state index is 12.8. The van der Waals surface area contributed by atoms with Crippen LogP contribution in [0.1, 0.15) is 22.3 Å². The van der Waals surface area contributed by atoms with E-state index in [1.807, 2.05) is 0 Å². The van der Waals surface area contributed by atoms with Gasteiger partial charge >= 0.3 is 11.9 Å². The standard InChI is InChI=1S/C17H15FO4/c1-21-17(20)13-5-9-15(10-6-13)22-16(19)11-4-12-2-7-14(18)8-3-12/h2-3,5-10H,4,11H2,1H3. The molecule has 0 amide bonds. The molecule has 0 radical (unpaired) electrons. The van der Waals surface area contributed by atoms with Crippen LogP contribution in [0.3, 0.4) is 0 Å². The van der Waals surface area contributed by atoms with Crippen LogP contribution in [0.15, 0.2) is 48.5 Å². The van der Waals surface area contributed by atoms with E-state index in [-0.39, 0.29) is 12.2 Å². The molecule has 0 heterocycles. The van der Waals surface area contributed by atoms with Crippen molar-refractivity contribution in [3.05, 3.63) is 65.5 Å². The zero-order valence-corrected chi connectivity index (χ0v) is 12.0. The Balaban J connectivity index is 1.86. The summed E-state index contributed by atoms with van der Waals surface area (Å²) in [5, 5.41) is 0. The molecule has 0 fully saturated rings. The molecule has 0 aliphatic heterocycles. The van der Waals surface area contributed by atoms with Crippen molar-refractivity contribution in [1.82, 2.24) is 0 Å². The van der Waals surface area contributed by atoms with Gasteiger partial charge in [-0.2, -0.15) is 0 Å². The second-order valence-corrected chi connectivity index (χ2v) is 4.62. The van der Waals surface area contributed by atoms with Gasteiger partial charge in [-0.25, -0.2) is 9.18 Å². The van der Waals surface area contributed by atoms with Crippen molar-refractivity contribution in [2.45, 2.75) is 12.8 Å². The van der Waals surface area contributed by atoms with Crippen LogP contribution in [0, 0.1) is 5.82 Å². The van der Waals surface area contributed by atoms with E-state index in [0.717, 1.165) is 5.56 Å². The Hall–Kier alpha value is -2.69. The van der Waals surface area contributed by atoms with E-state index in [9.17, 15) is 14.0 Å². The van der Waals surface area contributed by atoms with Crippen LogP contribution < -0.4 is 4.74 Å². The normalized spacial score (nSPS) is 10.1. The Morgan fingerprint density at radius 3 is 2.23 bits per heavy atom. The van der Waals surface area contributed by atoms with Gasteiger partial charge in [0.05, 0.1) is 12.7 Å². The zero-order chi connectivity index (χ0) is 15.9. The number of carbonyl (C=O) groups is 2. The number of hydrogen-bond donors (Lipinski definition) is 0. The van der Waals surface area contributed by atoms with E-state index < -0.39 is 11.9 Å². The fourth-order valence-electron chi connectivity index (χ4n) is 1.86. The van der Waals surface area contributed by atoms with Gasteiger partial charge in [0, 0.05) is 6.42 Å². The van der Waals surface area contributed by atoms with E-state index in [0.29, 0.717) is 17.7 Å². The number of benzene rings is 2. The highest BCUT2D eigenvalue weighted by Gasteiger charge is 2.08. The number of methoxy groups -OCH3 is 1. The molecule has 2 aromatic carbocycles. The molecular formula is C17H15FO4. The molecule has 0 N–H and O–H groups in total. The van der Waals surface area contributed by atoms with E-state index in [1.54, 1.807) is 12.1 Å². The molecule has 0 unspecified atom stereocenters. The predicted molar refractivity (Wildman–Crippen MR) is 78.1 cm³/mol. The molecule has 114 valence electrons. The molecule has 0 spiro atoms. The highest BCUT2D eigenvalue weighted by molar-refractivity contribution is 5.89. The molecule has 2 rings (SSSR count). The summed E-state index contributed by atoms with van der Waals surface area (Å²) in [5.41, 5.74) is 1.24. The molecule has 2 aromatic rings. The van der Waals surface area contributed by atoms with Crippen LogP contribution in [0.2, 0.25) is 0 Å². The first-order valence-corrected chi connectivity index (χ1v) is 6.72. The Bertz CT molecular complexity index is 647. The van der Waals surface area contributed by atoms with Crippen LogP contribution in [-0.4, -0.2) is 19.0 Å². The third kappa shape index (κ3) is 4.41. The van der Waals surface area contributed by atoms with Gasteiger partial charge in [0.25, 0.3) is 0 Å². The maximum Gasteiger partial charge on any atom is 0.337 e. The van der Waals surface area contributed by atoms with Crippen molar-refractivity contribution >= 4 is 11.9 Å². The lowest BCUT2D eigenvalue weighted by atomic mass is 10.1. The molecule has 22 heavy (non-hydrogen) atoms. The number of hydrogen-bond acceptors (Lipinski definition) is 4. The smallest absolute Gasteiger partial charge is 0.337 e. The van der Waals surface area contributed by atoms with Gasteiger partial charge in [-0.1, -0.05) is 12.1 Å². The van der Waals surface area contributed by atoms with Gasteiger partial charge in [0.1, 0.15) is 11.6 Å². The van der Waals surface area contributed by atoms with Gasteiger partial charge in [-0.05, 0) is 48.4 Å². The fourth-order valence-corrected chi connectivity index (χ4v) is 1.86. The van der Waals surface area contributed by atoms with E-state index in [4.69, 9.17) is 4.74 Å². The van der Waals surface area contributed by atoms with Crippen molar-refractivity contribution in [2.75, 3.05) is 7.11 Å². The molecule has 4 nitrogen and oxygen atoms in total. The van der Waals surface area contributed by atoms with Crippen LogP contribution in [-0.2, 0) is 16.0 Å². The molecule has 0 saturated carbocycles. The maximum absolute atomic E-state index is 12.8. The minimum absolute atomic E-state index is 0.185. The lowest BCUT2D eigenvalue weighted by Gasteiger charge is -2.05. The number of rotatable bonds is 5. The summed E-state index contributed by atoms with van der Waals surface area (Å²) in [6.07, 6.45) is 0.656. The number of ether oxygens (including phenoxy) is 2. The van der Waals surface area contributed by atoms with Crippen molar-refractivity contribution < 1.29 is 23.5 Å². The second kappa shape index (κ2) is 7.36. The highest BCUT2D eigenvalue weighted by Crippen LogP contribution is 2.14. The van der Waals surface area contributed by atoms with Crippen molar-refractivity contribution in [3.8, 4) is 5.75 Å². The SMILES string of the molecule is COC(=O)c1ccc(OC(=O)CCc2ccc(F)cc2)cc1. The van der Waals surface area contributed by atoms with Gasteiger partial charge in [0.2, 0.25) is 0 Å². The number of carbonyl (C=O) groups excluding carboxylic acids is 2. The zero-order valence-electron chi connectivity index (χ0n) is 12.0. The Morgan fingerprint density at radius 2 is 1.64 bits per heavy atom. The largest absolute Gasteiger partial charge is 0.465 e. The van der Waals surface area contributed by atoms with Crippen LogP contribution in [0.25, 0.3) is 0 Å². The van der Waals surface area contributed by atoms with Crippen molar-refractivity contribution in [1.29, 1.82) is 0 Å². The number of esters is 2. The van der Waals surface area contributed by atoms with E-state index in [2.05, 4.69) is 4.74 Å². The summed E-state index contributed by atoms with van der Waals surface area (Å²) in [4.78, 5) is 23.0. The summed E-state index contributed by atoms with van der Waals surface area (Å²) >= 11 is 0. The Morgan fingerprint density at radius 1 is 1.00 bits per heavy atom. The second-order valence-electron chi connectivity index (χ2n) is 4.62. The summed E-state index contributed by atoms with van der Waals surface area (Å²) in [6, 6.07) is 12.1. The van der Waals surface area contributed by atoms with Crippen LogP contribution in [0.4, 0.5) is 4.39 Å². The topological polar surface area (TPSA) is 52.6 Å². The van der Waals surface area contributed by atoms with E-state index in [1.165, 1.54) is 43.5 Å². The summed E-state index contributed by atoms with van der Waals surface area (Å²) in [5.74, 6) is -0.793. The molecule has 0 aliphatic carbocycles. The minimum Gasteiger partial charge on any atom is -0.465 e. The van der Waals surface area contributed by atoms with E-state index >= 15 is 0 Å². The summed E-state index contributed by atoms with van der Waals surface area (Å²) < 4.78 is 22.5. The average Bonchev–Trinajstić information content (AvgIpc) is 2.54.